The standard InChI is InChI=1S/C15H16N2O5/c1-9(14-10(2)16-22-11(14)3)15(18)21-8-12-4-6-13(7-5-12)17(19)20/h4-7,9H,8H2,1-3H3/t9-/m0/s1. The lowest BCUT2D eigenvalue weighted by atomic mass is 10.00. The fourth-order valence-corrected chi connectivity index (χ4v) is 2.22. The molecule has 0 radical (unpaired) electrons. The first-order valence-corrected chi connectivity index (χ1v) is 6.73. The molecule has 0 N–H and O–H groups in total. The van der Waals surface area contributed by atoms with Crippen LogP contribution in [0.15, 0.2) is 28.8 Å². The predicted octanol–water partition coefficient (Wildman–Crippen LogP) is 3.05. The summed E-state index contributed by atoms with van der Waals surface area (Å²) in [5.41, 5.74) is 2.08. The van der Waals surface area contributed by atoms with Crippen LogP contribution in [0.2, 0.25) is 0 Å². The van der Waals surface area contributed by atoms with E-state index in [1.165, 1.54) is 12.1 Å². The van der Waals surface area contributed by atoms with Crippen LogP contribution in [0.4, 0.5) is 5.69 Å². The Morgan fingerprint density at radius 1 is 1.36 bits per heavy atom. The summed E-state index contributed by atoms with van der Waals surface area (Å²) in [6, 6.07) is 5.87. The van der Waals surface area contributed by atoms with Crippen molar-refractivity contribution in [3.8, 4) is 0 Å². The monoisotopic (exact) mass is 304 g/mol. The van der Waals surface area contributed by atoms with Crippen molar-refractivity contribution in [2.24, 2.45) is 0 Å². The van der Waals surface area contributed by atoms with Gasteiger partial charge in [-0.05, 0) is 38.5 Å². The molecule has 0 fully saturated rings. The van der Waals surface area contributed by atoms with Crippen molar-refractivity contribution in [1.82, 2.24) is 5.16 Å². The van der Waals surface area contributed by atoms with Gasteiger partial charge in [-0.1, -0.05) is 5.16 Å². The van der Waals surface area contributed by atoms with E-state index in [-0.39, 0.29) is 12.3 Å². The average molecular weight is 304 g/mol. The molecule has 0 saturated heterocycles. The lowest BCUT2D eigenvalue weighted by Gasteiger charge is -2.11. The van der Waals surface area contributed by atoms with Crippen molar-refractivity contribution < 1.29 is 19.0 Å². The normalized spacial score (nSPS) is 12.0. The van der Waals surface area contributed by atoms with Gasteiger partial charge in [0.2, 0.25) is 0 Å². The summed E-state index contributed by atoms with van der Waals surface area (Å²) in [5.74, 6) is -0.283. The number of nitro groups is 1. The van der Waals surface area contributed by atoms with Crippen LogP contribution >= 0.6 is 0 Å². The van der Waals surface area contributed by atoms with Gasteiger partial charge in [-0.25, -0.2) is 0 Å². The third-order valence-electron chi connectivity index (χ3n) is 3.40. The molecule has 0 spiro atoms. The first-order valence-electron chi connectivity index (χ1n) is 6.73. The minimum atomic E-state index is -0.482. The van der Waals surface area contributed by atoms with E-state index < -0.39 is 16.8 Å². The van der Waals surface area contributed by atoms with Crippen LogP contribution in [-0.2, 0) is 16.1 Å². The Morgan fingerprint density at radius 2 is 2.00 bits per heavy atom. The molecule has 1 heterocycles. The zero-order valence-electron chi connectivity index (χ0n) is 12.5. The van der Waals surface area contributed by atoms with E-state index in [4.69, 9.17) is 9.26 Å². The quantitative estimate of drug-likeness (QED) is 0.478. The number of benzene rings is 1. The van der Waals surface area contributed by atoms with Gasteiger partial charge < -0.3 is 9.26 Å². The number of esters is 1. The molecule has 0 aliphatic rings. The SMILES string of the molecule is Cc1noc(C)c1[C@H](C)C(=O)OCc1ccc([N+](=O)[O-])cc1. The van der Waals surface area contributed by atoms with Gasteiger partial charge in [0.25, 0.3) is 5.69 Å². The molecule has 2 aromatic rings. The van der Waals surface area contributed by atoms with Gasteiger partial charge in [-0.15, -0.1) is 0 Å². The molecular weight excluding hydrogens is 288 g/mol. The number of nitro benzene ring substituents is 1. The summed E-state index contributed by atoms with van der Waals surface area (Å²) < 4.78 is 10.3. The van der Waals surface area contributed by atoms with Gasteiger partial charge in [0.05, 0.1) is 16.5 Å². The molecule has 1 aromatic heterocycles. The lowest BCUT2D eigenvalue weighted by molar-refractivity contribution is -0.384. The molecule has 116 valence electrons. The van der Waals surface area contributed by atoms with Crippen LogP contribution in [-0.4, -0.2) is 16.0 Å². The van der Waals surface area contributed by atoms with Gasteiger partial charge in [0.15, 0.2) is 0 Å². The summed E-state index contributed by atoms with van der Waals surface area (Å²) in [4.78, 5) is 22.2. The maximum absolute atomic E-state index is 12.1. The van der Waals surface area contributed by atoms with Crippen molar-refractivity contribution in [2.45, 2.75) is 33.3 Å². The minimum absolute atomic E-state index is 0.000773. The van der Waals surface area contributed by atoms with Gasteiger partial charge >= 0.3 is 5.97 Å². The van der Waals surface area contributed by atoms with Crippen molar-refractivity contribution >= 4 is 11.7 Å². The van der Waals surface area contributed by atoms with Crippen LogP contribution in [0.25, 0.3) is 0 Å². The number of carbonyl (C=O) groups is 1. The van der Waals surface area contributed by atoms with E-state index in [1.54, 1.807) is 32.9 Å². The summed E-state index contributed by atoms with van der Waals surface area (Å²) in [6.07, 6.45) is 0. The molecule has 0 amide bonds. The summed E-state index contributed by atoms with van der Waals surface area (Å²) in [6.45, 7) is 5.30. The average Bonchev–Trinajstić information content (AvgIpc) is 2.83. The summed E-state index contributed by atoms with van der Waals surface area (Å²) >= 11 is 0. The van der Waals surface area contributed by atoms with Crippen molar-refractivity contribution in [3.63, 3.8) is 0 Å². The molecular formula is C15H16N2O5. The number of aryl methyl sites for hydroxylation is 2. The number of ether oxygens (including phenoxy) is 1. The molecule has 0 aliphatic heterocycles. The number of hydrogen-bond donors (Lipinski definition) is 0. The van der Waals surface area contributed by atoms with E-state index in [0.29, 0.717) is 17.0 Å². The molecule has 7 heteroatoms. The number of nitrogens with zero attached hydrogens (tertiary/aromatic N) is 2. The third kappa shape index (κ3) is 3.30. The fraction of sp³-hybridized carbons (Fsp3) is 0.333. The maximum atomic E-state index is 12.1. The Morgan fingerprint density at radius 3 is 2.50 bits per heavy atom. The van der Waals surface area contributed by atoms with Crippen LogP contribution < -0.4 is 0 Å². The van der Waals surface area contributed by atoms with Crippen LogP contribution in [0.1, 0.15) is 35.4 Å². The Hall–Kier alpha value is -2.70. The van der Waals surface area contributed by atoms with E-state index in [9.17, 15) is 14.9 Å². The second-order valence-electron chi connectivity index (χ2n) is 4.99. The van der Waals surface area contributed by atoms with Crippen molar-refractivity contribution in [2.75, 3.05) is 0 Å². The topological polar surface area (TPSA) is 95.5 Å². The Labute approximate surface area is 127 Å². The summed E-state index contributed by atoms with van der Waals surface area (Å²) in [7, 11) is 0. The highest BCUT2D eigenvalue weighted by Crippen LogP contribution is 2.24. The van der Waals surface area contributed by atoms with E-state index in [1.807, 2.05) is 0 Å². The highest BCUT2D eigenvalue weighted by Gasteiger charge is 2.24. The first kappa shape index (κ1) is 15.7. The van der Waals surface area contributed by atoms with E-state index in [2.05, 4.69) is 5.16 Å². The predicted molar refractivity (Wildman–Crippen MR) is 77.3 cm³/mol. The number of hydrogen-bond acceptors (Lipinski definition) is 6. The molecule has 1 atom stereocenters. The number of aromatic nitrogens is 1. The second-order valence-corrected chi connectivity index (χ2v) is 4.99. The molecule has 0 bridgehead atoms. The fourth-order valence-electron chi connectivity index (χ4n) is 2.22. The zero-order chi connectivity index (χ0) is 16.3. The first-order chi connectivity index (χ1) is 10.4. The minimum Gasteiger partial charge on any atom is -0.460 e. The highest BCUT2D eigenvalue weighted by atomic mass is 16.6. The molecule has 22 heavy (non-hydrogen) atoms. The van der Waals surface area contributed by atoms with Crippen LogP contribution in [0.5, 0.6) is 0 Å². The number of rotatable bonds is 5. The molecule has 7 nitrogen and oxygen atoms in total. The number of carbonyl (C=O) groups excluding carboxylic acids is 1. The highest BCUT2D eigenvalue weighted by molar-refractivity contribution is 5.78. The third-order valence-corrected chi connectivity index (χ3v) is 3.40. The van der Waals surface area contributed by atoms with Gasteiger partial charge in [-0.3, -0.25) is 14.9 Å². The van der Waals surface area contributed by atoms with Gasteiger partial charge in [-0.2, -0.15) is 0 Å². The maximum Gasteiger partial charge on any atom is 0.313 e. The van der Waals surface area contributed by atoms with Crippen molar-refractivity contribution in [1.29, 1.82) is 0 Å². The largest absolute Gasteiger partial charge is 0.460 e. The lowest BCUT2D eigenvalue weighted by Crippen LogP contribution is -2.14. The Kier molecular flexibility index (Phi) is 4.55. The van der Waals surface area contributed by atoms with Crippen LogP contribution in [0, 0.1) is 24.0 Å². The molecule has 1 aromatic carbocycles. The molecule has 0 aliphatic carbocycles. The molecule has 0 saturated carbocycles. The zero-order valence-corrected chi connectivity index (χ0v) is 12.5. The molecule has 2 rings (SSSR count). The van der Waals surface area contributed by atoms with E-state index >= 15 is 0 Å². The van der Waals surface area contributed by atoms with Gasteiger partial charge in [0.1, 0.15) is 12.4 Å². The molecule has 0 unspecified atom stereocenters. The van der Waals surface area contributed by atoms with Gasteiger partial charge in [0, 0.05) is 17.7 Å². The number of non-ortho nitro benzene ring substituents is 1. The smallest absolute Gasteiger partial charge is 0.313 e. The Bertz CT molecular complexity index is 671. The second kappa shape index (κ2) is 6.38. The Balaban J connectivity index is 1.99. The van der Waals surface area contributed by atoms with E-state index in [0.717, 1.165) is 5.56 Å². The van der Waals surface area contributed by atoms with Crippen molar-refractivity contribution in [3.05, 3.63) is 57.0 Å². The summed E-state index contributed by atoms with van der Waals surface area (Å²) in [5, 5.41) is 14.4. The van der Waals surface area contributed by atoms with Crippen LogP contribution in [0.3, 0.4) is 0 Å².